The van der Waals surface area contributed by atoms with E-state index >= 15 is 0 Å². The lowest BCUT2D eigenvalue weighted by Gasteiger charge is -2.11. The van der Waals surface area contributed by atoms with Crippen LogP contribution in [0.1, 0.15) is 25.7 Å². The number of rotatable bonds is 7. The number of hydrogen-bond donors (Lipinski definition) is 2. The minimum atomic E-state index is -0.433. The van der Waals surface area contributed by atoms with Crippen molar-refractivity contribution in [3.8, 4) is 11.5 Å². The smallest absolute Gasteiger partial charge is 0.275 e. The highest BCUT2D eigenvalue weighted by atomic mass is 32.1. The van der Waals surface area contributed by atoms with Gasteiger partial charge in [0, 0.05) is 30.6 Å². The molecule has 0 aliphatic rings. The van der Waals surface area contributed by atoms with E-state index in [-0.39, 0.29) is 18.1 Å². The van der Waals surface area contributed by atoms with Crippen molar-refractivity contribution >= 4 is 28.8 Å². The number of methoxy groups -OCH3 is 2. The zero-order chi connectivity index (χ0) is 19.9. The van der Waals surface area contributed by atoms with E-state index in [1.165, 1.54) is 29.9 Å². The van der Waals surface area contributed by atoms with Crippen molar-refractivity contribution in [3.05, 3.63) is 64.4 Å². The number of benzene rings is 1. The van der Waals surface area contributed by atoms with Crippen molar-refractivity contribution in [2.75, 3.05) is 19.5 Å². The zero-order valence-corrected chi connectivity index (χ0v) is 16.1. The van der Waals surface area contributed by atoms with Crippen molar-refractivity contribution in [2.24, 2.45) is 0 Å². The SMILES string of the molecule is COc1ccc(CNC(=O)c2sccc2NC(=O)c2cnccn2)c(OC)c1. The minimum Gasteiger partial charge on any atom is -0.497 e. The molecule has 0 radical (unpaired) electrons. The van der Waals surface area contributed by atoms with Crippen molar-refractivity contribution in [3.63, 3.8) is 0 Å². The van der Waals surface area contributed by atoms with E-state index in [0.717, 1.165) is 5.56 Å². The van der Waals surface area contributed by atoms with E-state index in [9.17, 15) is 9.59 Å². The molecule has 2 heterocycles. The maximum atomic E-state index is 12.6. The summed E-state index contributed by atoms with van der Waals surface area (Å²) in [5, 5.41) is 7.26. The predicted molar refractivity (Wildman–Crippen MR) is 105 cm³/mol. The predicted octanol–water partition coefficient (Wildman–Crippen LogP) is 2.74. The Bertz CT molecular complexity index is 975. The second kappa shape index (κ2) is 8.96. The van der Waals surface area contributed by atoms with Crippen LogP contribution in [-0.2, 0) is 6.54 Å². The topological polar surface area (TPSA) is 102 Å². The lowest BCUT2D eigenvalue weighted by atomic mass is 10.2. The Labute approximate surface area is 165 Å². The van der Waals surface area contributed by atoms with Crippen LogP contribution < -0.4 is 20.1 Å². The molecule has 144 valence electrons. The summed E-state index contributed by atoms with van der Waals surface area (Å²) >= 11 is 1.23. The molecule has 0 unspecified atom stereocenters. The third kappa shape index (κ3) is 4.44. The molecule has 0 spiro atoms. The Kier molecular flexibility index (Phi) is 6.18. The molecule has 2 amide bonds. The third-order valence-electron chi connectivity index (χ3n) is 3.85. The number of nitrogens with zero attached hydrogens (tertiary/aromatic N) is 2. The normalized spacial score (nSPS) is 10.2. The molecule has 0 aliphatic carbocycles. The largest absolute Gasteiger partial charge is 0.497 e. The number of carbonyl (C=O) groups excluding carboxylic acids is 2. The van der Waals surface area contributed by atoms with Crippen molar-refractivity contribution < 1.29 is 19.1 Å². The number of amides is 2. The van der Waals surface area contributed by atoms with Gasteiger partial charge in [-0.1, -0.05) is 0 Å². The average Bonchev–Trinajstić information content (AvgIpc) is 3.20. The molecular weight excluding hydrogens is 380 g/mol. The first-order valence-corrected chi connectivity index (χ1v) is 9.14. The first-order chi connectivity index (χ1) is 13.6. The second-order valence-electron chi connectivity index (χ2n) is 5.57. The van der Waals surface area contributed by atoms with Gasteiger partial charge < -0.3 is 20.1 Å². The van der Waals surface area contributed by atoms with Crippen molar-refractivity contribution in [1.29, 1.82) is 0 Å². The van der Waals surface area contributed by atoms with Crippen molar-refractivity contribution in [2.45, 2.75) is 6.54 Å². The van der Waals surface area contributed by atoms with Gasteiger partial charge in [-0.05, 0) is 23.6 Å². The molecule has 28 heavy (non-hydrogen) atoms. The van der Waals surface area contributed by atoms with Gasteiger partial charge in [0.2, 0.25) is 0 Å². The molecule has 0 saturated carbocycles. The van der Waals surface area contributed by atoms with Crippen LogP contribution in [0.25, 0.3) is 0 Å². The Morgan fingerprint density at radius 3 is 2.68 bits per heavy atom. The van der Waals surface area contributed by atoms with Crippen LogP contribution in [0.5, 0.6) is 11.5 Å². The number of thiophene rings is 1. The maximum absolute atomic E-state index is 12.6. The first kappa shape index (κ1) is 19.3. The summed E-state index contributed by atoms with van der Waals surface area (Å²) in [6.07, 6.45) is 4.27. The fourth-order valence-corrected chi connectivity index (χ4v) is 3.21. The van der Waals surface area contributed by atoms with Gasteiger partial charge in [-0.25, -0.2) is 4.98 Å². The van der Waals surface area contributed by atoms with Gasteiger partial charge in [-0.15, -0.1) is 11.3 Å². The van der Waals surface area contributed by atoms with Crippen LogP contribution in [0.2, 0.25) is 0 Å². The Hall–Kier alpha value is -3.46. The summed E-state index contributed by atoms with van der Waals surface area (Å²) in [4.78, 5) is 33.0. The van der Waals surface area contributed by atoms with Gasteiger partial charge in [0.1, 0.15) is 22.1 Å². The minimum absolute atomic E-state index is 0.169. The summed E-state index contributed by atoms with van der Waals surface area (Å²) in [5.74, 6) is 0.542. The lowest BCUT2D eigenvalue weighted by molar-refractivity contribution is 0.0955. The van der Waals surface area contributed by atoms with Gasteiger partial charge in [0.25, 0.3) is 11.8 Å². The van der Waals surface area contributed by atoms with Gasteiger partial charge in [-0.3, -0.25) is 14.6 Å². The molecule has 2 N–H and O–H groups in total. The van der Waals surface area contributed by atoms with Crippen molar-refractivity contribution in [1.82, 2.24) is 15.3 Å². The average molecular weight is 398 g/mol. The van der Waals surface area contributed by atoms with E-state index in [2.05, 4.69) is 20.6 Å². The summed E-state index contributed by atoms with van der Waals surface area (Å²) in [7, 11) is 3.13. The molecule has 0 aliphatic heterocycles. The zero-order valence-electron chi connectivity index (χ0n) is 15.3. The number of anilines is 1. The van der Waals surface area contributed by atoms with Crippen LogP contribution in [-0.4, -0.2) is 36.0 Å². The molecule has 3 aromatic rings. The fourth-order valence-electron chi connectivity index (χ4n) is 2.44. The monoisotopic (exact) mass is 398 g/mol. The number of carbonyl (C=O) groups is 2. The van der Waals surface area contributed by atoms with Crippen LogP contribution in [0.15, 0.2) is 48.2 Å². The quantitative estimate of drug-likeness (QED) is 0.634. The molecule has 3 rings (SSSR count). The van der Waals surface area contributed by atoms with E-state index in [1.807, 2.05) is 6.07 Å². The standard InChI is InChI=1S/C19H18N4O4S/c1-26-13-4-3-12(16(9-13)27-2)10-22-19(25)17-14(5-8-28-17)23-18(24)15-11-20-6-7-21-15/h3-9,11H,10H2,1-2H3,(H,22,25)(H,23,24). The summed E-state index contributed by atoms with van der Waals surface area (Å²) in [6, 6.07) is 7.03. The first-order valence-electron chi connectivity index (χ1n) is 8.26. The molecule has 0 atom stereocenters. The highest BCUT2D eigenvalue weighted by Gasteiger charge is 2.17. The fraction of sp³-hybridized carbons (Fsp3) is 0.158. The van der Waals surface area contributed by atoms with Crippen LogP contribution in [0.4, 0.5) is 5.69 Å². The van der Waals surface area contributed by atoms with Crippen LogP contribution >= 0.6 is 11.3 Å². The molecule has 0 fully saturated rings. The Morgan fingerprint density at radius 2 is 1.96 bits per heavy atom. The molecule has 1 aromatic carbocycles. The van der Waals surface area contributed by atoms with E-state index < -0.39 is 5.91 Å². The number of ether oxygens (including phenoxy) is 2. The highest BCUT2D eigenvalue weighted by Crippen LogP contribution is 2.26. The molecule has 2 aromatic heterocycles. The van der Waals surface area contributed by atoms with Gasteiger partial charge >= 0.3 is 0 Å². The summed E-state index contributed by atoms with van der Waals surface area (Å²) < 4.78 is 10.5. The van der Waals surface area contributed by atoms with Crippen LogP contribution in [0, 0.1) is 0 Å². The number of aromatic nitrogens is 2. The second-order valence-corrected chi connectivity index (χ2v) is 6.48. The Morgan fingerprint density at radius 1 is 1.11 bits per heavy atom. The molecule has 0 bridgehead atoms. The van der Waals surface area contributed by atoms with E-state index in [0.29, 0.717) is 22.1 Å². The molecule has 8 nitrogen and oxygen atoms in total. The molecular formula is C19H18N4O4S. The summed E-state index contributed by atoms with van der Waals surface area (Å²) in [5.41, 5.74) is 1.39. The lowest BCUT2D eigenvalue weighted by Crippen LogP contribution is -2.24. The number of nitrogens with one attached hydrogen (secondary N) is 2. The summed E-state index contributed by atoms with van der Waals surface area (Å²) in [6.45, 7) is 0.265. The third-order valence-corrected chi connectivity index (χ3v) is 4.76. The highest BCUT2D eigenvalue weighted by molar-refractivity contribution is 7.12. The molecule has 0 saturated heterocycles. The Balaban J connectivity index is 1.68. The molecule has 9 heteroatoms. The maximum Gasteiger partial charge on any atom is 0.275 e. The number of hydrogen-bond acceptors (Lipinski definition) is 7. The van der Waals surface area contributed by atoms with Gasteiger partial charge in [0.15, 0.2) is 0 Å². The van der Waals surface area contributed by atoms with Crippen LogP contribution in [0.3, 0.4) is 0 Å². The van der Waals surface area contributed by atoms with Gasteiger partial charge in [0.05, 0.1) is 26.1 Å². The van der Waals surface area contributed by atoms with E-state index in [4.69, 9.17) is 9.47 Å². The van der Waals surface area contributed by atoms with E-state index in [1.54, 1.807) is 37.8 Å². The van der Waals surface area contributed by atoms with Gasteiger partial charge in [-0.2, -0.15) is 0 Å².